The molecule has 0 unspecified atom stereocenters. The van der Waals surface area contributed by atoms with Crippen molar-refractivity contribution in [1.82, 2.24) is 5.32 Å². The van der Waals surface area contributed by atoms with Crippen LogP contribution in [-0.4, -0.2) is 38.2 Å². The first kappa shape index (κ1) is 16.8. The van der Waals surface area contributed by atoms with Crippen LogP contribution in [0, 0.1) is 6.92 Å². The van der Waals surface area contributed by atoms with Crippen LogP contribution < -0.4 is 16.0 Å². The topological polar surface area (TPSA) is 67.6 Å². The maximum absolute atomic E-state index is 11.5. The molecule has 140 valence electrons. The predicted molar refractivity (Wildman–Crippen MR) is 106 cm³/mol. The van der Waals surface area contributed by atoms with Gasteiger partial charge in [0.15, 0.2) is 0 Å². The number of rotatable bonds is 2. The lowest BCUT2D eigenvalue weighted by Gasteiger charge is -2.33. The van der Waals surface area contributed by atoms with Gasteiger partial charge in [-0.3, -0.25) is 4.79 Å². The Morgan fingerprint density at radius 3 is 3.00 bits per heavy atom. The number of aryl methyl sites for hydroxylation is 1. The van der Waals surface area contributed by atoms with Crippen LogP contribution in [0.25, 0.3) is 11.1 Å². The maximum atomic E-state index is 11.5. The fraction of sp³-hybridized carbons (Fsp3) is 0.409. The van der Waals surface area contributed by atoms with E-state index in [0.29, 0.717) is 24.1 Å². The number of nitrogens with one attached hydrogen (secondary N) is 1. The first-order valence-corrected chi connectivity index (χ1v) is 9.76. The van der Waals surface area contributed by atoms with E-state index >= 15 is 0 Å². The zero-order valence-electron chi connectivity index (χ0n) is 15.6. The van der Waals surface area contributed by atoms with Gasteiger partial charge in [-0.05, 0) is 66.4 Å². The Morgan fingerprint density at radius 1 is 1.30 bits per heavy atom. The fourth-order valence-electron chi connectivity index (χ4n) is 5.08. The molecule has 5 nitrogen and oxygen atoms in total. The average Bonchev–Trinajstić information content (AvgIpc) is 2.83. The highest BCUT2D eigenvalue weighted by atomic mass is 16.5. The third-order valence-corrected chi connectivity index (χ3v) is 6.31. The largest absolute Gasteiger partial charge is 0.375 e. The molecule has 0 aliphatic carbocycles. The van der Waals surface area contributed by atoms with Crippen molar-refractivity contribution in [3.63, 3.8) is 0 Å². The van der Waals surface area contributed by atoms with Crippen molar-refractivity contribution in [3.05, 3.63) is 52.6 Å². The summed E-state index contributed by atoms with van der Waals surface area (Å²) >= 11 is 0. The molecule has 1 fully saturated rings. The molecule has 0 radical (unpaired) electrons. The predicted octanol–water partition coefficient (Wildman–Crippen LogP) is 2.56. The van der Waals surface area contributed by atoms with Crippen molar-refractivity contribution in [2.75, 3.05) is 31.1 Å². The molecule has 27 heavy (non-hydrogen) atoms. The lowest BCUT2D eigenvalue weighted by atomic mass is 9.87. The van der Waals surface area contributed by atoms with Crippen LogP contribution in [0.4, 0.5) is 5.69 Å². The number of piperidine rings is 1. The second-order valence-corrected chi connectivity index (χ2v) is 7.88. The Kier molecular flexibility index (Phi) is 3.95. The van der Waals surface area contributed by atoms with Crippen LogP contribution in [0.15, 0.2) is 30.3 Å². The van der Waals surface area contributed by atoms with Crippen molar-refractivity contribution in [2.24, 2.45) is 5.73 Å². The summed E-state index contributed by atoms with van der Waals surface area (Å²) in [6.45, 7) is 6.59. The first-order valence-electron chi connectivity index (χ1n) is 9.76. The number of carbonyl (C=O) groups is 1. The van der Waals surface area contributed by atoms with E-state index in [1.165, 1.54) is 28.8 Å². The van der Waals surface area contributed by atoms with Crippen molar-refractivity contribution in [2.45, 2.75) is 31.9 Å². The summed E-state index contributed by atoms with van der Waals surface area (Å²) in [5, 5.41) is 3.58. The summed E-state index contributed by atoms with van der Waals surface area (Å²) in [6, 6.07) is 10.9. The normalized spacial score (nSPS) is 23.5. The molecule has 0 saturated carbocycles. The maximum Gasteiger partial charge on any atom is 0.248 e. The van der Waals surface area contributed by atoms with Crippen molar-refractivity contribution in [1.29, 1.82) is 0 Å². The van der Waals surface area contributed by atoms with Gasteiger partial charge in [0, 0.05) is 41.9 Å². The minimum Gasteiger partial charge on any atom is -0.375 e. The number of anilines is 1. The van der Waals surface area contributed by atoms with Crippen LogP contribution in [0.5, 0.6) is 0 Å². The Balaban J connectivity index is 1.65. The van der Waals surface area contributed by atoms with E-state index in [9.17, 15) is 4.79 Å². The van der Waals surface area contributed by atoms with Gasteiger partial charge in [0.1, 0.15) is 0 Å². The number of hydrogen-bond acceptors (Lipinski definition) is 4. The Bertz CT molecular complexity index is 924. The van der Waals surface area contributed by atoms with Gasteiger partial charge in [-0.15, -0.1) is 0 Å². The molecular weight excluding hydrogens is 338 g/mol. The van der Waals surface area contributed by atoms with Crippen molar-refractivity contribution >= 4 is 11.6 Å². The summed E-state index contributed by atoms with van der Waals surface area (Å²) in [4.78, 5) is 14.1. The molecule has 3 aliphatic rings. The monoisotopic (exact) mass is 363 g/mol. The molecule has 3 N–H and O–H groups in total. The summed E-state index contributed by atoms with van der Waals surface area (Å²) in [6.07, 6.45) is 1.18. The molecule has 1 amide bonds. The SMILES string of the molecule is Cc1cc(C(N)=O)ccc1-c1cc2c3c(c1)[C@@H]1CNCC[C@@H]1N3CCOC2. The molecule has 0 aromatic heterocycles. The van der Waals surface area contributed by atoms with Gasteiger partial charge in [-0.25, -0.2) is 0 Å². The van der Waals surface area contributed by atoms with E-state index in [4.69, 9.17) is 10.5 Å². The second kappa shape index (κ2) is 6.36. The summed E-state index contributed by atoms with van der Waals surface area (Å²) in [5.74, 6) is 0.154. The third kappa shape index (κ3) is 2.65. The molecule has 0 spiro atoms. The number of ether oxygens (including phenoxy) is 1. The number of nitrogens with zero attached hydrogens (tertiary/aromatic N) is 1. The number of amides is 1. The Morgan fingerprint density at radius 2 is 2.19 bits per heavy atom. The summed E-state index contributed by atoms with van der Waals surface area (Å²) in [7, 11) is 0. The molecule has 0 bridgehead atoms. The average molecular weight is 363 g/mol. The number of fused-ring (bicyclic) bond motifs is 3. The van der Waals surface area contributed by atoms with E-state index < -0.39 is 0 Å². The number of carbonyl (C=O) groups excluding carboxylic acids is 1. The lowest BCUT2D eigenvalue weighted by molar-refractivity contribution is 0.1000. The van der Waals surface area contributed by atoms with Gasteiger partial charge in [-0.2, -0.15) is 0 Å². The first-order chi connectivity index (χ1) is 13.1. The number of hydrogen-bond donors (Lipinski definition) is 2. The van der Waals surface area contributed by atoms with Crippen molar-refractivity contribution < 1.29 is 9.53 Å². The van der Waals surface area contributed by atoms with Gasteiger partial charge in [0.25, 0.3) is 0 Å². The highest BCUT2D eigenvalue weighted by Gasteiger charge is 2.41. The Labute approximate surface area is 159 Å². The number of benzene rings is 2. The zero-order chi connectivity index (χ0) is 18.5. The van der Waals surface area contributed by atoms with E-state index in [0.717, 1.165) is 37.4 Å². The van der Waals surface area contributed by atoms with Crippen molar-refractivity contribution in [3.8, 4) is 11.1 Å². The molecule has 2 aromatic rings. The molecule has 2 aromatic carbocycles. The zero-order valence-corrected chi connectivity index (χ0v) is 15.6. The summed E-state index contributed by atoms with van der Waals surface area (Å²) < 4.78 is 5.91. The quantitative estimate of drug-likeness (QED) is 0.861. The van der Waals surface area contributed by atoms with Gasteiger partial charge in [-0.1, -0.05) is 6.07 Å². The van der Waals surface area contributed by atoms with Crippen LogP contribution in [0.2, 0.25) is 0 Å². The van der Waals surface area contributed by atoms with Crippen LogP contribution in [-0.2, 0) is 11.3 Å². The van der Waals surface area contributed by atoms with E-state index in [-0.39, 0.29) is 5.91 Å². The van der Waals surface area contributed by atoms with Gasteiger partial charge >= 0.3 is 0 Å². The minimum absolute atomic E-state index is 0.384. The molecule has 3 aliphatic heterocycles. The van der Waals surface area contributed by atoms with E-state index in [1.54, 1.807) is 0 Å². The standard InChI is InChI=1S/C22H25N3O2/c1-13-8-14(22(23)26)2-3-17(13)15-9-16-12-27-7-6-25-20-4-5-24-11-19(20)18(10-15)21(16)25/h2-3,8-10,19-20,24H,4-7,11-12H2,1H3,(H2,23,26)/t19-,20-/m0/s1. The highest BCUT2D eigenvalue weighted by molar-refractivity contribution is 5.94. The third-order valence-electron chi connectivity index (χ3n) is 6.31. The fourth-order valence-corrected chi connectivity index (χ4v) is 5.08. The van der Waals surface area contributed by atoms with E-state index in [1.807, 2.05) is 25.1 Å². The minimum atomic E-state index is -0.384. The van der Waals surface area contributed by atoms with E-state index in [2.05, 4.69) is 22.3 Å². The smallest absolute Gasteiger partial charge is 0.248 e. The number of nitrogens with two attached hydrogens (primary N) is 1. The molecule has 2 atom stereocenters. The van der Waals surface area contributed by atoms with Gasteiger partial charge in [0.05, 0.1) is 13.2 Å². The molecule has 5 rings (SSSR count). The van der Waals surface area contributed by atoms with Gasteiger partial charge in [0.2, 0.25) is 5.91 Å². The second-order valence-electron chi connectivity index (χ2n) is 7.88. The van der Waals surface area contributed by atoms with Crippen LogP contribution in [0.3, 0.4) is 0 Å². The van der Waals surface area contributed by atoms with Crippen LogP contribution in [0.1, 0.15) is 39.4 Å². The number of primary amides is 1. The van der Waals surface area contributed by atoms with Gasteiger partial charge < -0.3 is 20.7 Å². The molecule has 3 heterocycles. The highest BCUT2D eigenvalue weighted by Crippen LogP contribution is 2.48. The van der Waals surface area contributed by atoms with Crippen LogP contribution >= 0.6 is 0 Å². The Hall–Kier alpha value is -2.37. The molecular formula is C22H25N3O2. The summed E-state index contributed by atoms with van der Waals surface area (Å²) in [5.41, 5.74) is 13.6. The lowest BCUT2D eigenvalue weighted by Crippen LogP contribution is -2.44. The molecule has 1 saturated heterocycles. The molecule has 5 heteroatoms.